The Balaban J connectivity index is 2.77. The van der Waals surface area contributed by atoms with Gasteiger partial charge < -0.3 is 15.8 Å². The van der Waals surface area contributed by atoms with Crippen LogP contribution in [0, 0.1) is 17.0 Å². The first-order valence-corrected chi connectivity index (χ1v) is 5.55. The van der Waals surface area contributed by atoms with E-state index in [0.29, 0.717) is 13.2 Å². The van der Waals surface area contributed by atoms with Crippen molar-refractivity contribution in [2.75, 3.05) is 24.2 Å². The Kier molecular flexibility index (Phi) is 4.78. The van der Waals surface area contributed by atoms with Crippen molar-refractivity contribution in [3.63, 3.8) is 0 Å². The molecular weight excluding hydrogens is 238 g/mol. The third kappa shape index (κ3) is 3.81. The van der Waals surface area contributed by atoms with Crippen molar-refractivity contribution in [1.29, 1.82) is 0 Å². The second kappa shape index (κ2) is 6.10. The van der Waals surface area contributed by atoms with E-state index in [9.17, 15) is 10.1 Å². The number of nitrogens with zero attached hydrogens (tertiary/aromatic N) is 3. The lowest BCUT2D eigenvalue weighted by Gasteiger charge is -2.10. The van der Waals surface area contributed by atoms with Gasteiger partial charge in [0.15, 0.2) is 0 Å². The molecule has 0 amide bonds. The monoisotopic (exact) mass is 255 g/mol. The Labute approximate surface area is 105 Å². The number of ether oxygens (including phenoxy) is 1. The third-order valence-electron chi connectivity index (χ3n) is 2.10. The molecule has 18 heavy (non-hydrogen) atoms. The summed E-state index contributed by atoms with van der Waals surface area (Å²) in [7, 11) is 0. The van der Waals surface area contributed by atoms with Gasteiger partial charge in [0.05, 0.1) is 17.6 Å². The first-order chi connectivity index (χ1) is 8.41. The maximum absolute atomic E-state index is 10.9. The fourth-order valence-electron chi connectivity index (χ4n) is 1.39. The van der Waals surface area contributed by atoms with Crippen molar-refractivity contribution in [3.8, 4) is 0 Å². The van der Waals surface area contributed by atoms with Crippen LogP contribution in [0.15, 0.2) is 0 Å². The van der Waals surface area contributed by atoms with Crippen LogP contribution in [0.25, 0.3) is 0 Å². The highest BCUT2D eigenvalue weighted by molar-refractivity contribution is 5.60. The number of rotatable bonds is 6. The van der Waals surface area contributed by atoms with E-state index in [0.717, 1.165) is 0 Å². The van der Waals surface area contributed by atoms with Crippen molar-refractivity contribution in [2.45, 2.75) is 26.9 Å². The van der Waals surface area contributed by atoms with Crippen molar-refractivity contribution < 1.29 is 9.66 Å². The predicted octanol–water partition coefficient (Wildman–Crippen LogP) is 1.11. The molecule has 8 nitrogen and oxygen atoms in total. The van der Waals surface area contributed by atoms with Gasteiger partial charge >= 0.3 is 5.69 Å². The summed E-state index contributed by atoms with van der Waals surface area (Å²) in [4.78, 5) is 18.0. The van der Waals surface area contributed by atoms with Gasteiger partial charge in [0.1, 0.15) is 5.69 Å². The highest BCUT2D eigenvalue weighted by Crippen LogP contribution is 2.25. The second-order valence-electron chi connectivity index (χ2n) is 3.97. The Bertz CT molecular complexity index is 436. The van der Waals surface area contributed by atoms with E-state index >= 15 is 0 Å². The van der Waals surface area contributed by atoms with E-state index in [1.54, 1.807) is 0 Å². The van der Waals surface area contributed by atoms with Crippen LogP contribution in [-0.2, 0) is 4.74 Å². The molecule has 0 unspecified atom stereocenters. The summed E-state index contributed by atoms with van der Waals surface area (Å²) in [6.45, 7) is 6.18. The number of nitrogens with two attached hydrogens (primary N) is 1. The zero-order chi connectivity index (χ0) is 13.7. The van der Waals surface area contributed by atoms with Gasteiger partial charge in [-0.25, -0.2) is 4.98 Å². The maximum Gasteiger partial charge on any atom is 0.332 e. The van der Waals surface area contributed by atoms with Crippen molar-refractivity contribution in [2.24, 2.45) is 0 Å². The largest absolute Gasteiger partial charge is 0.377 e. The molecule has 0 aliphatic carbocycles. The van der Waals surface area contributed by atoms with Gasteiger partial charge in [0, 0.05) is 6.54 Å². The molecule has 100 valence electrons. The number of aryl methyl sites for hydroxylation is 1. The van der Waals surface area contributed by atoms with Crippen LogP contribution >= 0.6 is 0 Å². The number of hydrogen-bond donors (Lipinski definition) is 2. The average molecular weight is 255 g/mol. The van der Waals surface area contributed by atoms with Crippen molar-refractivity contribution >= 4 is 17.5 Å². The summed E-state index contributed by atoms with van der Waals surface area (Å²) in [6.07, 6.45) is 0.110. The minimum Gasteiger partial charge on any atom is -0.377 e. The number of nitrogen functional groups attached to an aromatic ring is 1. The molecule has 8 heteroatoms. The Morgan fingerprint density at radius 2 is 2.17 bits per heavy atom. The van der Waals surface area contributed by atoms with Gasteiger partial charge in [-0.15, -0.1) is 0 Å². The van der Waals surface area contributed by atoms with Gasteiger partial charge in [0.2, 0.25) is 11.8 Å². The van der Waals surface area contributed by atoms with Crippen LogP contribution in [-0.4, -0.2) is 34.1 Å². The highest BCUT2D eigenvalue weighted by Gasteiger charge is 2.20. The highest BCUT2D eigenvalue weighted by atomic mass is 16.6. The average Bonchev–Trinajstić information content (AvgIpc) is 2.22. The van der Waals surface area contributed by atoms with Crippen molar-refractivity contribution in [3.05, 3.63) is 15.8 Å². The van der Waals surface area contributed by atoms with Gasteiger partial charge in [-0.05, 0) is 20.8 Å². The van der Waals surface area contributed by atoms with Crippen LogP contribution in [0.1, 0.15) is 19.5 Å². The van der Waals surface area contributed by atoms with Crippen LogP contribution in [0.3, 0.4) is 0 Å². The van der Waals surface area contributed by atoms with Crippen LogP contribution < -0.4 is 11.1 Å². The van der Waals surface area contributed by atoms with Crippen molar-refractivity contribution in [1.82, 2.24) is 9.97 Å². The van der Waals surface area contributed by atoms with E-state index in [2.05, 4.69) is 15.3 Å². The minimum atomic E-state index is -0.527. The minimum absolute atomic E-state index is 0.00498. The quantitative estimate of drug-likeness (QED) is 0.444. The normalized spacial score (nSPS) is 10.7. The SMILES string of the molecule is Cc1nc(N)nc(NCCOC(C)C)c1[N+](=O)[O-]. The number of anilines is 2. The molecule has 1 heterocycles. The number of hydrogen-bond acceptors (Lipinski definition) is 7. The predicted molar refractivity (Wildman–Crippen MR) is 67.4 cm³/mol. The molecule has 1 aromatic rings. The van der Waals surface area contributed by atoms with Gasteiger partial charge in [-0.2, -0.15) is 4.98 Å². The molecular formula is C10H17N5O3. The van der Waals surface area contributed by atoms with Gasteiger partial charge in [0.25, 0.3) is 0 Å². The molecule has 0 bridgehead atoms. The third-order valence-corrected chi connectivity index (χ3v) is 2.10. The summed E-state index contributed by atoms with van der Waals surface area (Å²) in [5.41, 5.74) is 5.54. The van der Waals surface area contributed by atoms with Gasteiger partial charge in [-0.1, -0.05) is 0 Å². The number of nitro groups is 1. The summed E-state index contributed by atoms with van der Waals surface area (Å²) >= 11 is 0. The van der Waals surface area contributed by atoms with E-state index in [1.807, 2.05) is 13.8 Å². The van der Waals surface area contributed by atoms with Crippen LogP contribution in [0.5, 0.6) is 0 Å². The van der Waals surface area contributed by atoms with Crippen LogP contribution in [0.2, 0.25) is 0 Å². The number of aromatic nitrogens is 2. The zero-order valence-corrected chi connectivity index (χ0v) is 10.6. The lowest BCUT2D eigenvalue weighted by Crippen LogP contribution is -2.16. The first-order valence-electron chi connectivity index (χ1n) is 5.55. The van der Waals surface area contributed by atoms with Crippen LogP contribution in [0.4, 0.5) is 17.5 Å². The lowest BCUT2D eigenvalue weighted by molar-refractivity contribution is -0.385. The molecule has 0 fully saturated rings. The topological polar surface area (TPSA) is 116 Å². The molecule has 0 saturated heterocycles. The Morgan fingerprint density at radius 3 is 2.72 bits per heavy atom. The summed E-state index contributed by atoms with van der Waals surface area (Å²) in [5.74, 6) is 0.128. The molecule has 0 atom stereocenters. The number of nitrogens with one attached hydrogen (secondary N) is 1. The second-order valence-corrected chi connectivity index (χ2v) is 3.97. The summed E-state index contributed by atoms with van der Waals surface area (Å²) in [5, 5.41) is 13.7. The molecule has 0 spiro atoms. The molecule has 0 aliphatic heterocycles. The molecule has 0 aromatic carbocycles. The van der Waals surface area contributed by atoms with E-state index in [4.69, 9.17) is 10.5 Å². The molecule has 1 aromatic heterocycles. The Hall–Kier alpha value is -1.96. The summed E-state index contributed by atoms with van der Waals surface area (Å²) < 4.78 is 5.32. The van der Waals surface area contributed by atoms with Gasteiger partial charge in [-0.3, -0.25) is 10.1 Å². The van der Waals surface area contributed by atoms with E-state index in [1.165, 1.54) is 6.92 Å². The molecule has 0 aliphatic rings. The lowest BCUT2D eigenvalue weighted by atomic mass is 10.3. The fraction of sp³-hybridized carbons (Fsp3) is 0.600. The summed E-state index contributed by atoms with van der Waals surface area (Å²) in [6, 6.07) is 0. The smallest absolute Gasteiger partial charge is 0.332 e. The van der Waals surface area contributed by atoms with E-state index in [-0.39, 0.29) is 29.3 Å². The first kappa shape index (κ1) is 14.1. The fourth-order valence-corrected chi connectivity index (χ4v) is 1.39. The molecule has 3 N–H and O–H groups in total. The Morgan fingerprint density at radius 1 is 1.50 bits per heavy atom. The maximum atomic E-state index is 10.9. The molecule has 0 radical (unpaired) electrons. The van der Waals surface area contributed by atoms with E-state index < -0.39 is 4.92 Å². The zero-order valence-electron chi connectivity index (χ0n) is 10.6. The standard InChI is InChI=1S/C10H17N5O3/c1-6(2)18-5-4-12-9-8(15(16)17)7(3)13-10(11)14-9/h6H,4-5H2,1-3H3,(H3,11,12,13,14). The molecule has 0 saturated carbocycles. The molecule has 1 rings (SSSR count).